The molecule has 0 spiro atoms. The Balaban J connectivity index is 1.91. The van der Waals surface area contributed by atoms with Crippen molar-refractivity contribution in [3.63, 3.8) is 0 Å². The van der Waals surface area contributed by atoms with Gasteiger partial charge < -0.3 is 15.4 Å². The highest BCUT2D eigenvalue weighted by atomic mass is 35.5. The number of pyridine rings is 1. The number of hydrogen-bond donors (Lipinski definition) is 2. The summed E-state index contributed by atoms with van der Waals surface area (Å²) in [5.74, 6) is 0.374. The lowest BCUT2D eigenvalue weighted by Gasteiger charge is -2.15. The van der Waals surface area contributed by atoms with E-state index in [1.165, 1.54) is 12.1 Å². The molecule has 2 N–H and O–H groups in total. The Morgan fingerprint density at radius 1 is 1.17 bits per heavy atom. The molecule has 0 radical (unpaired) electrons. The van der Waals surface area contributed by atoms with Crippen LogP contribution in [-0.2, 0) is 0 Å². The maximum Gasteiger partial charge on any atom is 0.573 e. The molecule has 0 fully saturated rings. The molecule has 2 heterocycles. The summed E-state index contributed by atoms with van der Waals surface area (Å²) in [6, 6.07) is 9.41. The van der Waals surface area contributed by atoms with E-state index in [1.807, 2.05) is 19.9 Å². The first-order chi connectivity index (χ1) is 14.2. The molecule has 3 aromatic rings. The van der Waals surface area contributed by atoms with E-state index in [2.05, 4.69) is 30.3 Å². The first kappa shape index (κ1) is 21.6. The Morgan fingerprint density at radius 3 is 2.60 bits per heavy atom. The van der Waals surface area contributed by atoms with Crippen LogP contribution >= 0.6 is 11.6 Å². The zero-order valence-electron chi connectivity index (χ0n) is 16.2. The number of ether oxygens (including phenoxy) is 1. The standard InChI is InChI=1S/C20H19ClF3N5O/c1-3-12(2)26-19-28-16(13-5-4-8-25-11-13)10-18(29-19)27-14-6-7-17(15(21)9-14)30-20(22,23)24/h4-12H,3H2,1-2H3,(H2,26,27,28,29)/t12-/m1/s1. The Hall–Kier alpha value is -3.07. The maximum atomic E-state index is 12.4. The molecule has 1 aromatic carbocycles. The maximum absolute atomic E-state index is 12.4. The van der Waals surface area contributed by atoms with Crippen molar-refractivity contribution in [2.75, 3.05) is 10.6 Å². The number of halogens is 4. The van der Waals surface area contributed by atoms with Gasteiger partial charge in [-0.05, 0) is 43.7 Å². The number of aromatic nitrogens is 3. The number of benzene rings is 1. The summed E-state index contributed by atoms with van der Waals surface area (Å²) in [5.41, 5.74) is 1.87. The summed E-state index contributed by atoms with van der Waals surface area (Å²) in [5, 5.41) is 6.08. The summed E-state index contributed by atoms with van der Waals surface area (Å²) in [6.45, 7) is 4.04. The first-order valence-corrected chi connectivity index (χ1v) is 9.49. The number of nitrogens with one attached hydrogen (secondary N) is 2. The summed E-state index contributed by atoms with van der Waals surface area (Å²) >= 11 is 5.93. The minimum atomic E-state index is -4.82. The normalized spacial score (nSPS) is 12.3. The van der Waals surface area contributed by atoms with E-state index in [1.54, 1.807) is 24.5 Å². The van der Waals surface area contributed by atoms with E-state index in [-0.39, 0.29) is 11.1 Å². The van der Waals surface area contributed by atoms with Crippen molar-refractivity contribution in [1.29, 1.82) is 0 Å². The van der Waals surface area contributed by atoms with E-state index in [0.717, 1.165) is 18.1 Å². The number of hydrogen-bond acceptors (Lipinski definition) is 6. The third-order valence-corrected chi connectivity index (χ3v) is 4.40. The second kappa shape index (κ2) is 9.17. The van der Waals surface area contributed by atoms with Crippen LogP contribution < -0.4 is 15.4 Å². The highest BCUT2D eigenvalue weighted by Gasteiger charge is 2.32. The molecule has 0 aliphatic rings. The molecule has 0 saturated heterocycles. The van der Waals surface area contributed by atoms with Gasteiger partial charge in [-0.25, -0.2) is 4.98 Å². The largest absolute Gasteiger partial charge is 0.573 e. The van der Waals surface area contributed by atoms with Gasteiger partial charge in [0.1, 0.15) is 11.6 Å². The molecule has 0 unspecified atom stereocenters. The van der Waals surface area contributed by atoms with Crippen molar-refractivity contribution >= 4 is 29.1 Å². The molecule has 0 saturated carbocycles. The van der Waals surface area contributed by atoms with Crippen LogP contribution in [0.15, 0.2) is 48.8 Å². The third-order valence-electron chi connectivity index (χ3n) is 4.10. The van der Waals surface area contributed by atoms with E-state index >= 15 is 0 Å². The van der Waals surface area contributed by atoms with Gasteiger partial charge in [0.25, 0.3) is 0 Å². The van der Waals surface area contributed by atoms with Crippen molar-refractivity contribution in [3.8, 4) is 17.0 Å². The van der Waals surface area contributed by atoms with E-state index in [9.17, 15) is 13.2 Å². The first-order valence-electron chi connectivity index (χ1n) is 9.12. The average Bonchev–Trinajstić information content (AvgIpc) is 2.69. The van der Waals surface area contributed by atoms with Crippen molar-refractivity contribution in [3.05, 3.63) is 53.8 Å². The second-order valence-corrected chi connectivity index (χ2v) is 6.88. The summed E-state index contributed by atoms with van der Waals surface area (Å²) in [6.07, 6.45) is -0.603. The Bertz CT molecular complexity index is 1000. The quantitative estimate of drug-likeness (QED) is 0.469. The van der Waals surface area contributed by atoms with E-state index in [0.29, 0.717) is 23.1 Å². The smallest absolute Gasteiger partial charge is 0.404 e. The fraction of sp³-hybridized carbons (Fsp3) is 0.250. The molecule has 10 heteroatoms. The molecule has 0 aliphatic carbocycles. The van der Waals surface area contributed by atoms with Crippen molar-refractivity contribution in [1.82, 2.24) is 15.0 Å². The Morgan fingerprint density at radius 2 is 1.97 bits per heavy atom. The van der Waals surface area contributed by atoms with Crippen LogP contribution in [0.5, 0.6) is 5.75 Å². The minimum absolute atomic E-state index is 0.148. The summed E-state index contributed by atoms with van der Waals surface area (Å²) < 4.78 is 41.2. The molecule has 1 atom stereocenters. The van der Waals surface area contributed by atoms with Gasteiger partial charge in [-0.15, -0.1) is 13.2 Å². The molecule has 0 bridgehead atoms. The van der Waals surface area contributed by atoms with Gasteiger partial charge in [-0.3, -0.25) is 4.98 Å². The third kappa shape index (κ3) is 5.96. The van der Waals surface area contributed by atoms with Crippen LogP contribution in [-0.4, -0.2) is 27.4 Å². The summed E-state index contributed by atoms with van der Waals surface area (Å²) in [4.78, 5) is 13.1. The lowest BCUT2D eigenvalue weighted by molar-refractivity contribution is -0.274. The SMILES string of the molecule is CC[C@@H](C)Nc1nc(Nc2ccc(OC(F)(F)F)c(Cl)c2)cc(-c2cccnc2)n1. The van der Waals surface area contributed by atoms with Gasteiger partial charge in [-0.1, -0.05) is 18.5 Å². The Kier molecular flexibility index (Phi) is 6.61. The Labute approximate surface area is 176 Å². The molecule has 2 aromatic heterocycles. The lowest BCUT2D eigenvalue weighted by Crippen LogP contribution is -2.17. The fourth-order valence-corrected chi connectivity index (χ4v) is 2.71. The van der Waals surface area contributed by atoms with Crippen LogP contribution in [0.1, 0.15) is 20.3 Å². The summed E-state index contributed by atoms with van der Waals surface area (Å²) in [7, 11) is 0. The number of alkyl halides is 3. The second-order valence-electron chi connectivity index (χ2n) is 6.48. The van der Waals surface area contributed by atoms with Crippen molar-refractivity contribution in [2.24, 2.45) is 0 Å². The van der Waals surface area contributed by atoms with Gasteiger partial charge in [0.15, 0.2) is 0 Å². The predicted octanol–water partition coefficient (Wildman–Crippen LogP) is 6.04. The van der Waals surface area contributed by atoms with Gasteiger partial charge >= 0.3 is 6.36 Å². The minimum Gasteiger partial charge on any atom is -0.404 e. The molecular weight excluding hydrogens is 419 g/mol. The monoisotopic (exact) mass is 437 g/mol. The zero-order chi connectivity index (χ0) is 21.7. The van der Waals surface area contributed by atoms with Gasteiger partial charge in [0.2, 0.25) is 5.95 Å². The molecule has 0 amide bonds. The predicted molar refractivity (Wildman–Crippen MR) is 110 cm³/mol. The number of anilines is 3. The highest BCUT2D eigenvalue weighted by Crippen LogP contribution is 2.33. The fourth-order valence-electron chi connectivity index (χ4n) is 2.49. The van der Waals surface area contributed by atoms with Crippen molar-refractivity contribution in [2.45, 2.75) is 32.7 Å². The van der Waals surface area contributed by atoms with Crippen LogP contribution in [0.3, 0.4) is 0 Å². The number of nitrogens with zero attached hydrogens (tertiary/aromatic N) is 3. The van der Waals surface area contributed by atoms with Crippen LogP contribution in [0.2, 0.25) is 5.02 Å². The molecular formula is C20H19ClF3N5O. The molecule has 30 heavy (non-hydrogen) atoms. The molecule has 3 rings (SSSR count). The van der Waals surface area contributed by atoms with Gasteiger partial charge in [0, 0.05) is 35.8 Å². The van der Waals surface area contributed by atoms with E-state index in [4.69, 9.17) is 11.6 Å². The van der Waals surface area contributed by atoms with Gasteiger partial charge in [0.05, 0.1) is 10.7 Å². The van der Waals surface area contributed by atoms with Crippen LogP contribution in [0.25, 0.3) is 11.3 Å². The highest BCUT2D eigenvalue weighted by molar-refractivity contribution is 6.32. The topological polar surface area (TPSA) is 72.0 Å². The lowest BCUT2D eigenvalue weighted by atomic mass is 10.2. The van der Waals surface area contributed by atoms with Crippen molar-refractivity contribution < 1.29 is 17.9 Å². The van der Waals surface area contributed by atoms with Gasteiger partial charge in [-0.2, -0.15) is 4.98 Å². The molecule has 158 valence electrons. The number of rotatable bonds is 7. The molecule has 6 nitrogen and oxygen atoms in total. The molecule has 0 aliphatic heterocycles. The average molecular weight is 438 g/mol. The van der Waals surface area contributed by atoms with E-state index < -0.39 is 12.1 Å². The van der Waals surface area contributed by atoms with Crippen LogP contribution in [0, 0.1) is 0 Å². The zero-order valence-corrected chi connectivity index (χ0v) is 16.9. The van der Waals surface area contributed by atoms with Crippen LogP contribution in [0.4, 0.5) is 30.6 Å².